The molecule has 0 bridgehead atoms. The predicted molar refractivity (Wildman–Crippen MR) is 84.8 cm³/mol. The highest BCUT2D eigenvalue weighted by molar-refractivity contribution is 7.86. The first-order valence-electron chi connectivity index (χ1n) is 6.51. The minimum absolute atomic E-state index is 0.697. The molecule has 0 saturated carbocycles. The van der Waals surface area contributed by atoms with Crippen molar-refractivity contribution in [2.45, 2.75) is 30.3 Å². The summed E-state index contributed by atoms with van der Waals surface area (Å²) in [4.78, 5) is 45.6. The van der Waals surface area contributed by atoms with Gasteiger partial charge >= 0.3 is 15.2 Å². The SMILES string of the molecule is CC(CC(CP(=O)(O)CC(P(=O)(O)O)P(=O)(O)O)C(O)O)S(=O)(=O)O. The second-order valence-electron chi connectivity index (χ2n) is 5.61. The van der Waals surface area contributed by atoms with Crippen molar-refractivity contribution in [2.24, 2.45) is 5.92 Å². The molecular formula is C8H21O13P3S. The van der Waals surface area contributed by atoms with Crippen LogP contribution in [0.25, 0.3) is 0 Å². The maximum absolute atomic E-state index is 12.1. The Morgan fingerprint density at radius 2 is 1.28 bits per heavy atom. The van der Waals surface area contributed by atoms with Crippen molar-refractivity contribution in [3.05, 3.63) is 0 Å². The van der Waals surface area contributed by atoms with Gasteiger partial charge in [0.1, 0.15) is 0 Å². The van der Waals surface area contributed by atoms with Gasteiger partial charge < -0.3 is 34.7 Å². The van der Waals surface area contributed by atoms with Gasteiger partial charge in [0.25, 0.3) is 10.1 Å². The summed E-state index contributed by atoms with van der Waals surface area (Å²) in [6.45, 7) is 0.973. The molecule has 0 aromatic rings. The highest BCUT2D eigenvalue weighted by Crippen LogP contribution is 2.64. The van der Waals surface area contributed by atoms with Gasteiger partial charge in [-0.25, -0.2) is 0 Å². The molecule has 0 saturated heterocycles. The third-order valence-corrected chi connectivity index (χ3v) is 10.8. The molecule has 0 aliphatic rings. The standard InChI is InChI=1S/C8H21O13P3S/c1-5(25(19,20)21)2-6(8(9)10)3-22(11,12)4-7(23(13,14)15)24(16,17)18/h5-10H,2-4H2,1H3,(H,11,12)(H2,13,14,15)(H2,16,17,18)(H,19,20,21). The van der Waals surface area contributed by atoms with Gasteiger partial charge in [0, 0.05) is 12.1 Å². The van der Waals surface area contributed by atoms with Crippen LogP contribution in [0.1, 0.15) is 13.3 Å². The summed E-state index contributed by atoms with van der Waals surface area (Å²) in [5.74, 6) is -1.62. The van der Waals surface area contributed by atoms with Crippen LogP contribution < -0.4 is 0 Å². The van der Waals surface area contributed by atoms with Gasteiger partial charge in [-0.2, -0.15) is 8.42 Å². The van der Waals surface area contributed by atoms with Crippen molar-refractivity contribution >= 4 is 32.7 Å². The Balaban J connectivity index is 5.45. The molecule has 0 fully saturated rings. The molecule has 3 unspecified atom stereocenters. The zero-order valence-corrected chi connectivity index (χ0v) is 16.3. The van der Waals surface area contributed by atoms with Crippen molar-refractivity contribution < 1.29 is 61.3 Å². The van der Waals surface area contributed by atoms with Crippen LogP contribution in [0.2, 0.25) is 0 Å². The molecule has 0 aromatic carbocycles. The Hall–Kier alpha value is 0.320. The van der Waals surface area contributed by atoms with E-state index >= 15 is 0 Å². The van der Waals surface area contributed by atoms with Crippen LogP contribution in [-0.2, 0) is 23.8 Å². The molecule has 0 rings (SSSR count). The lowest BCUT2D eigenvalue weighted by Gasteiger charge is -2.26. The molecule has 0 heterocycles. The Labute approximate surface area is 143 Å². The largest absolute Gasteiger partial charge is 0.368 e. The molecule has 0 aromatic heterocycles. The third-order valence-electron chi connectivity index (χ3n) is 3.31. The summed E-state index contributed by atoms with van der Waals surface area (Å²) in [6.07, 6.45) is -5.64. The van der Waals surface area contributed by atoms with E-state index in [1.54, 1.807) is 0 Å². The van der Waals surface area contributed by atoms with E-state index in [0.717, 1.165) is 6.92 Å². The minimum atomic E-state index is -5.47. The summed E-state index contributed by atoms with van der Waals surface area (Å²) >= 11 is 0. The van der Waals surface area contributed by atoms with Crippen LogP contribution in [0.15, 0.2) is 0 Å². The van der Waals surface area contributed by atoms with E-state index in [1.807, 2.05) is 0 Å². The highest BCUT2D eigenvalue weighted by Gasteiger charge is 2.48. The number of hydrogen-bond donors (Lipinski definition) is 8. The lowest BCUT2D eigenvalue weighted by Crippen LogP contribution is -2.31. The highest BCUT2D eigenvalue weighted by atomic mass is 32.2. The maximum Gasteiger partial charge on any atom is 0.341 e. The molecule has 17 heteroatoms. The summed E-state index contributed by atoms with van der Waals surface area (Å²) in [6, 6.07) is 0. The first-order chi connectivity index (χ1) is 10.8. The zero-order chi connectivity index (χ0) is 20.4. The Morgan fingerprint density at radius 3 is 1.56 bits per heavy atom. The number of aliphatic hydroxyl groups excluding tert-OH is 1. The molecule has 0 aliphatic carbocycles. The zero-order valence-electron chi connectivity index (χ0n) is 12.8. The molecule has 13 nitrogen and oxygen atoms in total. The van der Waals surface area contributed by atoms with E-state index in [2.05, 4.69) is 0 Å². The monoisotopic (exact) mass is 450 g/mol. The normalized spacial score (nSPS) is 19.0. The first-order valence-corrected chi connectivity index (χ1v) is 13.4. The fraction of sp³-hybridized carbons (Fsp3) is 1.00. The lowest BCUT2D eigenvalue weighted by molar-refractivity contribution is -0.0797. The molecule has 3 atom stereocenters. The van der Waals surface area contributed by atoms with Crippen molar-refractivity contribution in [1.29, 1.82) is 0 Å². The van der Waals surface area contributed by atoms with Gasteiger partial charge in [-0.15, -0.1) is 0 Å². The van der Waals surface area contributed by atoms with E-state index in [1.165, 1.54) is 0 Å². The van der Waals surface area contributed by atoms with Crippen molar-refractivity contribution in [3.63, 3.8) is 0 Å². The van der Waals surface area contributed by atoms with E-state index in [9.17, 15) is 37.2 Å². The maximum atomic E-state index is 12.1. The summed E-state index contributed by atoms with van der Waals surface area (Å²) in [5, 5.41) is 14.0. The summed E-state index contributed by atoms with van der Waals surface area (Å²) < 4.78 is 65.1. The van der Waals surface area contributed by atoms with Gasteiger partial charge in [-0.05, 0) is 13.3 Å². The lowest BCUT2D eigenvalue weighted by atomic mass is 10.1. The second kappa shape index (κ2) is 8.55. The molecular weight excluding hydrogens is 429 g/mol. The van der Waals surface area contributed by atoms with Crippen LogP contribution in [0.4, 0.5) is 0 Å². The quantitative estimate of drug-likeness (QED) is 0.108. The van der Waals surface area contributed by atoms with Crippen LogP contribution >= 0.6 is 22.6 Å². The average molecular weight is 450 g/mol. The predicted octanol–water partition coefficient (Wildman–Crippen LogP) is -1.47. The van der Waals surface area contributed by atoms with Crippen molar-refractivity contribution in [1.82, 2.24) is 0 Å². The minimum Gasteiger partial charge on any atom is -0.368 e. The van der Waals surface area contributed by atoms with E-state index < -0.39 is 74.3 Å². The fourth-order valence-corrected chi connectivity index (χ4v) is 8.96. The Kier molecular flexibility index (Phi) is 8.66. The van der Waals surface area contributed by atoms with E-state index in [0.29, 0.717) is 0 Å². The summed E-state index contributed by atoms with van der Waals surface area (Å²) in [5.41, 5.74) is 0. The number of aliphatic hydroxyl groups is 2. The second-order valence-corrected chi connectivity index (χ2v) is 13.9. The molecule has 25 heavy (non-hydrogen) atoms. The Bertz CT molecular complexity index is 668. The van der Waals surface area contributed by atoms with Gasteiger partial charge in [-0.1, -0.05) is 0 Å². The fourth-order valence-electron chi connectivity index (χ4n) is 1.94. The van der Waals surface area contributed by atoms with Crippen LogP contribution in [0, 0.1) is 5.92 Å². The van der Waals surface area contributed by atoms with Crippen molar-refractivity contribution in [2.75, 3.05) is 12.3 Å². The van der Waals surface area contributed by atoms with Gasteiger partial charge in [0.05, 0.1) is 11.4 Å². The molecule has 8 N–H and O–H groups in total. The van der Waals surface area contributed by atoms with Crippen LogP contribution in [0.5, 0.6) is 0 Å². The van der Waals surface area contributed by atoms with Crippen LogP contribution in [-0.4, -0.2) is 76.9 Å². The van der Waals surface area contributed by atoms with Crippen molar-refractivity contribution in [3.8, 4) is 0 Å². The van der Waals surface area contributed by atoms with E-state index in [-0.39, 0.29) is 0 Å². The van der Waals surface area contributed by atoms with E-state index in [4.69, 9.17) is 24.1 Å². The number of hydrogen-bond acceptors (Lipinski definition) is 7. The third kappa shape index (κ3) is 9.18. The number of rotatable bonds is 10. The summed E-state index contributed by atoms with van der Waals surface area (Å²) in [7, 11) is -20.3. The first kappa shape index (κ1) is 25.3. The molecule has 0 spiro atoms. The Morgan fingerprint density at radius 1 is 0.880 bits per heavy atom. The molecule has 0 radical (unpaired) electrons. The molecule has 0 amide bonds. The average Bonchev–Trinajstić information content (AvgIpc) is 2.31. The topological polar surface area (TPSA) is 247 Å². The van der Waals surface area contributed by atoms with Crippen LogP contribution in [0.3, 0.4) is 0 Å². The van der Waals surface area contributed by atoms with Gasteiger partial charge in [0.2, 0.25) is 7.37 Å². The molecule has 152 valence electrons. The van der Waals surface area contributed by atoms with Gasteiger partial charge in [0.15, 0.2) is 11.7 Å². The smallest absolute Gasteiger partial charge is 0.341 e. The molecule has 0 aliphatic heterocycles. The van der Waals surface area contributed by atoms with Gasteiger partial charge in [-0.3, -0.25) is 18.2 Å².